The Morgan fingerprint density at radius 2 is 1.88 bits per heavy atom. The number of hydrogen-bond acceptors (Lipinski definition) is 5. The van der Waals surface area contributed by atoms with Crippen LogP contribution in [-0.4, -0.2) is 68.1 Å². The summed E-state index contributed by atoms with van der Waals surface area (Å²) < 4.78 is 5.28. The zero-order chi connectivity index (χ0) is 22.9. The zero-order valence-corrected chi connectivity index (χ0v) is 20.2. The highest BCUT2D eigenvalue weighted by molar-refractivity contribution is 7.10. The highest BCUT2D eigenvalue weighted by atomic mass is 32.1. The smallest absolute Gasteiger partial charge is 0.254 e. The Kier molecular flexibility index (Phi) is 9.26. The minimum absolute atomic E-state index is 0.0290. The molecule has 0 radical (unpaired) electrons. The summed E-state index contributed by atoms with van der Waals surface area (Å²) in [4.78, 5) is 32.2. The molecule has 6 nitrogen and oxygen atoms in total. The van der Waals surface area contributed by atoms with Gasteiger partial charge in [-0.25, -0.2) is 0 Å². The average Bonchev–Trinajstić information content (AvgIpc) is 3.33. The Bertz CT molecular complexity index is 865. The van der Waals surface area contributed by atoms with Gasteiger partial charge in [-0.15, -0.1) is 11.3 Å². The summed E-state index contributed by atoms with van der Waals surface area (Å²) in [7, 11) is 1.63. The van der Waals surface area contributed by atoms with E-state index in [1.807, 2.05) is 46.7 Å². The van der Waals surface area contributed by atoms with Crippen molar-refractivity contribution in [2.45, 2.75) is 38.6 Å². The Labute approximate surface area is 195 Å². The molecule has 174 valence electrons. The van der Waals surface area contributed by atoms with Crippen molar-refractivity contribution in [2.75, 3.05) is 46.4 Å². The summed E-state index contributed by atoms with van der Waals surface area (Å²) in [5.41, 5.74) is 1.41. The Balaban J connectivity index is 1.88. The monoisotopic (exact) mass is 457 g/mol. The minimum Gasteiger partial charge on any atom is -0.383 e. The first-order valence-electron chi connectivity index (χ1n) is 11.5. The fourth-order valence-electron chi connectivity index (χ4n) is 4.50. The second-order valence-corrected chi connectivity index (χ2v) is 9.13. The van der Waals surface area contributed by atoms with E-state index in [9.17, 15) is 9.59 Å². The molecule has 0 saturated heterocycles. The number of nitrogens with one attached hydrogen (secondary N) is 1. The minimum atomic E-state index is -0.454. The van der Waals surface area contributed by atoms with Gasteiger partial charge < -0.3 is 19.9 Å². The third-order valence-corrected chi connectivity index (χ3v) is 6.84. The lowest BCUT2D eigenvalue weighted by Gasteiger charge is -2.41. The average molecular weight is 458 g/mol. The predicted octanol–water partition coefficient (Wildman–Crippen LogP) is 3.91. The molecular formula is C25H35N3O3S. The normalized spacial score (nSPS) is 18.1. The van der Waals surface area contributed by atoms with Gasteiger partial charge in [-0.2, -0.15) is 0 Å². The molecule has 1 N–H and O–H groups in total. The molecule has 1 aromatic carbocycles. The lowest BCUT2D eigenvalue weighted by molar-refractivity contribution is -0.124. The summed E-state index contributed by atoms with van der Waals surface area (Å²) in [6.07, 6.45) is 2.20. The van der Waals surface area contributed by atoms with E-state index in [4.69, 9.17) is 4.74 Å². The molecule has 1 aliphatic heterocycles. The van der Waals surface area contributed by atoms with E-state index in [1.165, 1.54) is 0 Å². The number of benzene rings is 1. The number of rotatable bonds is 12. The summed E-state index contributed by atoms with van der Waals surface area (Å²) >= 11 is 1.58. The molecule has 0 spiro atoms. The molecule has 0 unspecified atom stereocenters. The largest absolute Gasteiger partial charge is 0.383 e. The molecule has 0 saturated carbocycles. The van der Waals surface area contributed by atoms with Crippen molar-refractivity contribution in [3.8, 4) is 0 Å². The van der Waals surface area contributed by atoms with Crippen LogP contribution in [0.1, 0.15) is 59.4 Å². The topological polar surface area (TPSA) is 61.9 Å². The van der Waals surface area contributed by atoms with Gasteiger partial charge in [-0.1, -0.05) is 38.1 Å². The first kappa shape index (κ1) is 24.4. The van der Waals surface area contributed by atoms with Gasteiger partial charge in [0.15, 0.2) is 0 Å². The fourth-order valence-corrected chi connectivity index (χ4v) is 5.38. The van der Waals surface area contributed by atoms with Crippen molar-refractivity contribution in [1.82, 2.24) is 15.1 Å². The lowest BCUT2D eigenvalue weighted by Crippen LogP contribution is -2.49. The molecule has 2 aromatic rings. The second-order valence-electron chi connectivity index (χ2n) is 8.15. The van der Waals surface area contributed by atoms with Crippen LogP contribution in [0.25, 0.3) is 0 Å². The van der Waals surface area contributed by atoms with E-state index in [0.717, 1.165) is 42.9 Å². The van der Waals surface area contributed by atoms with E-state index in [0.29, 0.717) is 25.3 Å². The maximum atomic E-state index is 13.6. The van der Waals surface area contributed by atoms with Crippen LogP contribution < -0.4 is 5.32 Å². The van der Waals surface area contributed by atoms with Crippen LogP contribution in [0.2, 0.25) is 0 Å². The molecule has 2 heterocycles. The fraction of sp³-hybridized carbons (Fsp3) is 0.520. The maximum Gasteiger partial charge on any atom is 0.254 e. The van der Waals surface area contributed by atoms with Crippen molar-refractivity contribution >= 4 is 23.2 Å². The van der Waals surface area contributed by atoms with Crippen molar-refractivity contribution in [2.24, 2.45) is 0 Å². The van der Waals surface area contributed by atoms with Crippen molar-refractivity contribution < 1.29 is 14.3 Å². The van der Waals surface area contributed by atoms with Crippen LogP contribution >= 0.6 is 11.3 Å². The van der Waals surface area contributed by atoms with Crippen LogP contribution in [0.3, 0.4) is 0 Å². The standard InChI is InChI=1S/C25H35N3O3S/c1-4-13-27(14-5-2)15-12-26-24(29)22-19-9-6-7-10-20(19)25(30)28(16-17-31-3)23(22)21-11-8-18-32-21/h6-11,18,22-23H,4-5,12-17H2,1-3H3,(H,26,29)/t22-,23+/m0/s1. The highest BCUT2D eigenvalue weighted by Crippen LogP contribution is 2.44. The number of carbonyl (C=O) groups excluding carboxylic acids is 2. The van der Waals surface area contributed by atoms with Crippen molar-refractivity contribution in [3.05, 3.63) is 57.8 Å². The number of methoxy groups -OCH3 is 1. The SMILES string of the molecule is CCCN(CCC)CCNC(=O)[C@H]1c2ccccc2C(=O)N(CCOC)[C@@H]1c1cccs1. The number of ether oxygens (including phenoxy) is 1. The number of nitrogens with zero attached hydrogens (tertiary/aromatic N) is 2. The molecule has 0 aliphatic carbocycles. The Morgan fingerprint density at radius 1 is 1.12 bits per heavy atom. The molecule has 2 atom stereocenters. The summed E-state index contributed by atoms with van der Waals surface area (Å²) in [5, 5.41) is 5.18. The second kappa shape index (κ2) is 12.1. The molecule has 32 heavy (non-hydrogen) atoms. The first-order valence-corrected chi connectivity index (χ1v) is 12.4. The van der Waals surface area contributed by atoms with Crippen LogP contribution in [0.4, 0.5) is 0 Å². The molecule has 0 fully saturated rings. The van der Waals surface area contributed by atoms with Crippen LogP contribution in [0, 0.1) is 0 Å². The molecular weight excluding hydrogens is 422 g/mol. The number of thiophene rings is 1. The van der Waals surface area contributed by atoms with Gasteiger partial charge in [-0.3, -0.25) is 9.59 Å². The van der Waals surface area contributed by atoms with Crippen molar-refractivity contribution in [1.29, 1.82) is 0 Å². The maximum absolute atomic E-state index is 13.6. The molecule has 1 aromatic heterocycles. The number of carbonyl (C=O) groups is 2. The van der Waals surface area contributed by atoms with Gasteiger partial charge in [0, 0.05) is 37.2 Å². The molecule has 3 rings (SSSR count). The third-order valence-electron chi connectivity index (χ3n) is 5.90. The third kappa shape index (κ3) is 5.57. The Hall–Kier alpha value is -2.22. The zero-order valence-electron chi connectivity index (χ0n) is 19.4. The molecule has 0 bridgehead atoms. The van der Waals surface area contributed by atoms with E-state index in [2.05, 4.69) is 24.1 Å². The number of hydrogen-bond donors (Lipinski definition) is 1. The predicted molar refractivity (Wildman–Crippen MR) is 129 cm³/mol. The van der Waals surface area contributed by atoms with Crippen LogP contribution in [0.15, 0.2) is 41.8 Å². The van der Waals surface area contributed by atoms with Gasteiger partial charge in [0.05, 0.1) is 18.6 Å². The van der Waals surface area contributed by atoms with Crippen LogP contribution in [-0.2, 0) is 9.53 Å². The van der Waals surface area contributed by atoms with E-state index < -0.39 is 5.92 Å². The first-order chi connectivity index (χ1) is 15.6. The lowest BCUT2D eigenvalue weighted by atomic mass is 9.81. The quantitative estimate of drug-likeness (QED) is 0.525. The van der Waals surface area contributed by atoms with E-state index >= 15 is 0 Å². The molecule has 2 amide bonds. The number of amides is 2. The van der Waals surface area contributed by atoms with Crippen molar-refractivity contribution in [3.63, 3.8) is 0 Å². The van der Waals surface area contributed by atoms with E-state index in [1.54, 1.807) is 18.4 Å². The van der Waals surface area contributed by atoms with Gasteiger partial charge in [0.2, 0.25) is 5.91 Å². The van der Waals surface area contributed by atoms with Crippen LogP contribution in [0.5, 0.6) is 0 Å². The number of fused-ring (bicyclic) bond motifs is 1. The highest BCUT2D eigenvalue weighted by Gasteiger charge is 2.44. The summed E-state index contributed by atoms with van der Waals surface area (Å²) in [5.74, 6) is -0.527. The van der Waals surface area contributed by atoms with Gasteiger partial charge in [-0.05, 0) is 49.0 Å². The molecule has 7 heteroatoms. The Morgan fingerprint density at radius 3 is 2.53 bits per heavy atom. The molecule has 1 aliphatic rings. The summed E-state index contributed by atoms with van der Waals surface area (Å²) in [6.45, 7) is 8.72. The van der Waals surface area contributed by atoms with E-state index in [-0.39, 0.29) is 17.9 Å². The van der Waals surface area contributed by atoms with Gasteiger partial charge in [0.1, 0.15) is 0 Å². The van der Waals surface area contributed by atoms with Gasteiger partial charge >= 0.3 is 0 Å². The summed E-state index contributed by atoms with van der Waals surface area (Å²) in [6, 6.07) is 11.2. The van der Waals surface area contributed by atoms with Gasteiger partial charge in [0.25, 0.3) is 5.91 Å².